The molecular formula is C23H30N5O3+. The van der Waals surface area contributed by atoms with Gasteiger partial charge in [0.1, 0.15) is 5.75 Å². The number of anilines is 2. The summed E-state index contributed by atoms with van der Waals surface area (Å²) in [7, 11) is 0. The van der Waals surface area contributed by atoms with Crippen molar-refractivity contribution >= 4 is 23.5 Å². The van der Waals surface area contributed by atoms with Crippen LogP contribution in [0.2, 0.25) is 0 Å². The van der Waals surface area contributed by atoms with Crippen molar-refractivity contribution in [1.82, 2.24) is 9.97 Å². The number of nitrogens with one attached hydrogen (secondary N) is 1. The van der Waals surface area contributed by atoms with Gasteiger partial charge >= 0.3 is 0 Å². The molecule has 8 heteroatoms. The summed E-state index contributed by atoms with van der Waals surface area (Å²) in [5.41, 5.74) is 2.52. The molecule has 0 radical (unpaired) electrons. The molecule has 2 aliphatic rings. The van der Waals surface area contributed by atoms with Gasteiger partial charge < -0.3 is 14.5 Å². The number of carbonyl (C=O) groups is 2. The third-order valence-electron chi connectivity index (χ3n) is 5.87. The number of nitrogens with zero attached hydrogens (tertiary/aromatic N) is 4. The molecular weight excluding hydrogens is 394 g/mol. The molecule has 0 bridgehead atoms. The van der Waals surface area contributed by atoms with Crippen LogP contribution < -0.4 is 19.4 Å². The molecule has 2 aliphatic heterocycles. The summed E-state index contributed by atoms with van der Waals surface area (Å²) in [5.74, 6) is 1.25. The van der Waals surface area contributed by atoms with E-state index >= 15 is 0 Å². The van der Waals surface area contributed by atoms with Crippen molar-refractivity contribution in [3.05, 3.63) is 41.7 Å². The molecule has 1 aromatic heterocycles. The van der Waals surface area contributed by atoms with Crippen LogP contribution in [0.4, 0.5) is 11.6 Å². The van der Waals surface area contributed by atoms with Crippen LogP contribution >= 0.6 is 0 Å². The Balaban J connectivity index is 1.40. The number of rotatable bonds is 6. The number of carbonyl (C=O) groups excluding carboxylic acids is 2. The monoisotopic (exact) mass is 424 g/mol. The predicted octanol–water partition coefficient (Wildman–Crippen LogP) is 0.919. The van der Waals surface area contributed by atoms with E-state index in [9.17, 15) is 9.59 Å². The molecule has 31 heavy (non-hydrogen) atoms. The largest absolute Gasteiger partial charge is 0.494 e. The molecule has 1 aromatic carbocycles. The smallest absolute Gasteiger partial charge is 0.292 e. The number of amides is 2. The zero-order valence-corrected chi connectivity index (χ0v) is 18.4. The lowest BCUT2D eigenvalue weighted by Gasteiger charge is -2.34. The normalized spacial score (nSPS) is 19.9. The second kappa shape index (κ2) is 9.01. The van der Waals surface area contributed by atoms with Gasteiger partial charge in [0.25, 0.3) is 5.91 Å². The van der Waals surface area contributed by atoms with Crippen molar-refractivity contribution in [3.8, 4) is 5.75 Å². The Morgan fingerprint density at radius 2 is 1.71 bits per heavy atom. The van der Waals surface area contributed by atoms with E-state index in [1.165, 1.54) is 4.90 Å². The Labute approximate surface area is 182 Å². The number of piperazine rings is 1. The molecule has 1 N–H and O–H groups in total. The van der Waals surface area contributed by atoms with E-state index in [1.807, 2.05) is 39.0 Å². The molecule has 2 amide bonds. The zero-order chi connectivity index (χ0) is 22.0. The Hall–Kier alpha value is -3.00. The molecule has 0 aliphatic carbocycles. The first-order chi connectivity index (χ1) is 15.0. The van der Waals surface area contributed by atoms with Crippen LogP contribution in [0.3, 0.4) is 0 Å². The van der Waals surface area contributed by atoms with E-state index in [4.69, 9.17) is 4.74 Å². The molecule has 3 heterocycles. The fraction of sp³-hybridized carbons (Fsp3) is 0.478. The summed E-state index contributed by atoms with van der Waals surface area (Å²) in [5, 5.41) is 0. The Morgan fingerprint density at radius 1 is 1.06 bits per heavy atom. The first-order valence-electron chi connectivity index (χ1n) is 11.0. The average Bonchev–Trinajstić information content (AvgIpc) is 3.06. The lowest BCUT2D eigenvalue weighted by Crippen LogP contribution is -3.19. The molecule has 4 rings (SSSR count). The summed E-state index contributed by atoms with van der Waals surface area (Å²) >= 11 is 0. The first-order valence-corrected chi connectivity index (χ1v) is 11.0. The maximum Gasteiger partial charge on any atom is 0.292 e. The minimum absolute atomic E-state index is 0.113. The maximum absolute atomic E-state index is 13.1. The number of benzene rings is 1. The van der Waals surface area contributed by atoms with Gasteiger partial charge in [-0.05, 0) is 50.6 Å². The number of aromatic nitrogens is 2. The van der Waals surface area contributed by atoms with Gasteiger partial charge in [0.05, 0.1) is 44.9 Å². The van der Waals surface area contributed by atoms with Crippen molar-refractivity contribution in [1.29, 1.82) is 0 Å². The first kappa shape index (κ1) is 21.2. The van der Waals surface area contributed by atoms with Gasteiger partial charge in [-0.15, -0.1) is 0 Å². The highest BCUT2D eigenvalue weighted by molar-refractivity contribution is 6.21. The quantitative estimate of drug-likeness (QED) is 0.695. The summed E-state index contributed by atoms with van der Waals surface area (Å²) in [6.45, 7) is 9.71. The van der Waals surface area contributed by atoms with Crippen molar-refractivity contribution < 1.29 is 19.2 Å². The molecule has 2 saturated heterocycles. The van der Waals surface area contributed by atoms with E-state index in [2.05, 4.69) is 14.9 Å². The average molecular weight is 425 g/mol. The molecule has 0 unspecified atom stereocenters. The lowest BCUT2D eigenvalue weighted by molar-refractivity contribution is -0.915. The fourth-order valence-electron chi connectivity index (χ4n) is 4.32. The van der Waals surface area contributed by atoms with E-state index in [-0.39, 0.29) is 24.3 Å². The number of hydrogen-bond donors (Lipinski definition) is 1. The zero-order valence-electron chi connectivity index (χ0n) is 18.4. The van der Waals surface area contributed by atoms with Crippen molar-refractivity contribution in [2.45, 2.75) is 39.7 Å². The Bertz CT molecular complexity index is 934. The number of aryl methyl sites for hydroxylation is 2. The summed E-state index contributed by atoms with van der Waals surface area (Å²) in [4.78, 5) is 39.6. The van der Waals surface area contributed by atoms with Gasteiger partial charge in [-0.3, -0.25) is 9.59 Å². The van der Waals surface area contributed by atoms with Gasteiger partial charge in [-0.1, -0.05) is 6.92 Å². The van der Waals surface area contributed by atoms with E-state index in [0.29, 0.717) is 12.3 Å². The number of quaternary nitrogens is 1. The SMILES string of the molecule is CCCOc1ccc(N2C(=O)C[C@@H]([NH+]3CCN(c4nc(C)cc(C)n4)CC3)C2=O)cc1. The molecule has 2 fully saturated rings. The number of imide groups is 1. The highest BCUT2D eigenvalue weighted by Gasteiger charge is 2.46. The Kier molecular flexibility index (Phi) is 6.18. The van der Waals surface area contributed by atoms with E-state index in [1.54, 1.807) is 12.1 Å². The lowest BCUT2D eigenvalue weighted by atomic mass is 10.2. The standard InChI is InChI=1S/C23H29N5O3/c1-4-13-31-19-7-5-18(6-8-19)28-21(29)15-20(22(28)30)26-9-11-27(12-10-26)23-24-16(2)14-17(3)25-23/h5-8,14,20H,4,9-13,15H2,1-3H3/p+1/t20-/m1/s1. The van der Waals surface area contributed by atoms with Gasteiger partial charge in [-0.2, -0.15) is 0 Å². The molecule has 2 aromatic rings. The number of ether oxygens (including phenoxy) is 1. The third kappa shape index (κ3) is 4.54. The molecule has 1 atom stereocenters. The third-order valence-corrected chi connectivity index (χ3v) is 5.87. The van der Waals surface area contributed by atoms with Crippen molar-refractivity contribution in [3.63, 3.8) is 0 Å². The topological polar surface area (TPSA) is 80.1 Å². The van der Waals surface area contributed by atoms with Crippen LogP contribution in [0.15, 0.2) is 30.3 Å². The van der Waals surface area contributed by atoms with Crippen LogP contribution in [-0.4, -0.2) is 60.6 Å². The van der Waals surface area contributed by atoms with Crippen LogP contribution in [0, 0.1) is 13.8 Å². The minimum Gasteiger partial charge on any atom is -0.494 e. The number of hydrogen-bond acceptors (Lipinski definition) is 6. The van der Waals surface area contributed by atoms with E-state index < -0.39 is 0 Å². The van der Waals surface area contributed by atoms with Gasteiger partial charge in [0.15, 0.2) is 6.04 Å². The van der Waals surface area contributed by atoms with Gasteiger partial charge in [0, 0.05) is 11.4 Å². The van der Waals surface area contributed by atoms with Crippen LogP contribution in [0.5, 0.6) is 5.75 Å². The van der Waals surface area contributed by atoms with Crippen LogP contribution in [0.25, 0.3) is 0 Å². The highest BCUT2D eigenvalue weighted by atomic mass is 16.5. The van der Waals surface area contributed by atoms with Crippen molar-refractivity contribution in [2.24, 2.45) is 0 Å². The van der Waals surface area contributed by atoms with Crippen LogP contribution in [0.1, 0.15) is 31.2 Å². The van der Waals surface area contributed by atoms with Crippen molar-refractivity contribution in [2.75, 3.05) is 42.6 Å². The molecule has 8 nitrogen and oxygen atoms in total. The Morgan fingerprint density at radius 3 is 2.32 bits per heavy atom. The summed E-state index contributed by atoms with van der Waals surface area (Å²) in [6.07, 6.45) is 1.18. The van der Waals surface area contributed by atoms with Crippen LogP contribution in [-0.2, 0) is 9.59 Å². The molecule has 164 valence electrons. The minimum atomic E-state index is -0.328. The van der Waals surface area contributed by atoms with E-state index in [0.717, 1.165) is 60.6 Å². The van der Waals surface area contributed by atoms with Gasteiger partial charge in [0.2, 0.25) is 11.9 Å². The maximum atomic E-state index is 13.1. The molecule has 0 spiro atoms. The predicted molar refractivity (Wildman–Crippen MR) is 118 cm³/mol. The molecule has 0 saturated carbocycles. The summed E-state index contributed by atoms with van der Waals surface area (Å²) in [6, 6.07) is 8.83. The highest BCUT2D eigenvalue weighted by Crippen LogP contribution is 2.25. The second-order valence-electron chi connectivity index (χ2n) is 8.26. The second-order valence-corrected chi connectivity index (χ2v) is 8.26. The fourth-order valence-corrected chi connectivity index (χ4v) is 4.32. The van der Waals surface area contributed by atoms with Gasteiger partial charge in [-0.25, -0.2) is 14.9 Å². The summed E-state index contributed by atoms with van der Waals surface area (Å²) < 4.78 is 5.60.